The third-order valence-electron chi connectivity index (χ3n) is 5.22. The molecule has 6 heteroatoms. The van der Waals surface area contributed by atoms with Gasteiger partial charge in [-0.3, -0.25) is 9.59 Å². The van der Waals surface area contributed by atoms with Gasteiger partial charge in [0.15, 0.2) is 0 Å². The number of aryl methyl sites for hydroxylation is 1. The minimum Gasteiger partial charge on any atom is -0.481 e. The van der Waals surface area contributed by atoms with Crippen molar-refractivity contribution in [3.63, 3.8) is 0 Å². The summed E-state index contributed by atoms with van der Waals surface area (Å²) in [4.78, 5) is 30.2. The number of hydrogen-bond donors (Lipinski definition) is 1. The van der Waals surface area contributed by atoms with Crippen molar-refractivity contribution in [2.24, 2.45) is 18.9 Å². The van der Waals surface area contributed by atoms with Crippen molar-refractivity contribution in [2.45, 2.75) is 31.6 Å². The molecule has 1 aromatic rings. The summed E-state index contributed by atoms with van der Waals surface area (Å²) in [6.45, 7) is 4.74. The second-order valence-electron chi connectivity index (χ2n) is 6.75. The molecule has 0 radical (unpaired) electrons. The average Bonchev–Trinajstić information content (AvgIpc) is 3.13. The topological polar surface area (TPSA) is 75.4 Å². The number of nitrogens with zero attached hydrogens (tertiary/aromatic N) is 3. The van der Waals surface area contributed by atoms with E-state index >= 15 is 0 Å². The van der Waals surface area contributed by atoms with Crippen LogP contribution in [-0.4, -0.2) is 44.5 Å². The molecule has 23 heavy (non-hydrogen) atoms. The van der Waals surface area contributed by atoms with Crippen LogP contribution in [0.3, 0.4) is 0 Å². The van der Waals surface area contributed by atoms with Gasteiger partial charge in [0.25, 0.3) is 0 Å². The van der Waals surface area contributed by atoms with Crippen LogP contribution < -0.4 is 0 Å². The maximum atomic E-state index is 12.8. The molecule has 2 atom stereocenters. The molecule has 2 aliphatic rings. The molecule has 0 bridgehead atoms. The molecule has 1 saturated heterocycles. The number of aliphatic carboxylic acids is 1. The van der Waals surface area contributed by atoms with E-state index in [4.69, 9.17) is 0 Å². The number of carboxylic acids is 1. The van der Waals surface area contributed by atoms with E-state index in [0.29, 0.717) is 13.1 Å². The average molecular weight is 317 g/mol. The van der Waals surface area contributed by atoms with Crippen LogP contribution in [0.25, 0.3) is 0 Å². The number of hydrogen-bond acceptors (Lipinski definition) is 3. The van der Waals surface area contributed by atoms with Crippen LogP contribution in [-0.2, 0) is 16.6 Å². The zero-order chi connectivity index (χ0) is 16.6. The number of rotatable bonds is 3. The second kappa shape index (κ2) is 6.18. The van der Waals surface area contributed by atoms with Crippen LogP contribution in [0.1, 0.15) is 37.3 Å². The minimum absolute atomic E-state index is 0.0141. The molecule has 1 N–H and O–H groups in total. The van der Waals surface area contributed by atoms with Gasteiger partial charge in [0, 0.05) is 43.9 Å². The van der Waals surface area contributed by atoms with Gasteiger partial charge in [-0.2, -0.15) is 0 Å². The van der Waals surface area contributed by atoms with Gasteiger partial charge in [0.2, 0.25) is 5.91 Å². The van der Waals surface area contributed by atoms with Crippen molar-refractivity contribution in [1.29, 1.82) is 0 Å². The van der Waals surface area contributed by atoms with Gasteiger partial charge in [-0.1, -0.05) is 12.2 Å². The summed E-state index contributed by atoms with van der Waals surface area (Å²) in [5.74, 6) is -1.48. The van der Waals surface area contributed by atoms with Crippen LogP contribution in [0.2, 0.25) is 0 Å². The molecule has 124 valence electrons. The summed E-state index contributed by atoms with van der Waals surface area (Å²) in [5.41, 5.74) is 2.09. The van der Waals surface area contributed by atoms with Crippen molar-refractivity contribution in [1.82, 2.24) is 14.5 Å². The first-order chi connectivity index (χ1) is 11.0. The number of amides is 1. The van der Waals surface area contributed by atoms with E-state index in [2.05, 4.69) is 11.6 Å². The Labute approximate surface area is 135 Å². The molecule has 2 heterocycles. The van der Waals surface area contributed by atoms with E-state index in [0.717, 1.165) is 31.4 Å². The van der Waals surface area contributed by atoms with Gasteiger partial charge in [-0.25, -0.2) is 4.98 Å². The lowest BCUT2D eigenvalue weighted by molar-refractivity contribution is -0.142. The van der Waals surface area contributed by atoms with Crippen LogP contribution >= 0.6 is 0 Å². The molecule has 1 aliphatic heterocycles. The molecule has 3 rings (SSSR count). The normalized spacial score (nSPS) is 25.8. The van der Waals surface area contributed by atoms with E-state index in [1.165, 1.54) is 5.57 Å². The van der Waals surface area contributed by atoms with Crippen molar-refractivity contribution in [2.75, 3.05) is 13.1 Å². The number of carbonyl (C=O) groups excluding carboxylic acids is 1. The van der Waals surface area contributed by atoms with Crippen LogP contribution in [0.4, 0.5) is 0 Å². The number of likely N-dealkylation sites (tertiary alicyclic amines) is 1. The summed E-state index contributed by atoms with van der Waals surface area (Å²) >= 11 is 0. The van der Waals surface area contributed by atoms with Gasteiger partial charge in [-0.15, -0.1) is 0 Å². The lowest BCUT2D eigenvalue weighted by Crippen LogP contribution is -2.36. The Morgan fingerprint density at radius 3 is 2.57 bits per heavy atom. The molecule has 1 aromatic heterocycles. The fourth-order valence-corrected chi connectivity index (χ4v) is 3.79. The largest absolute Gasteiger partial charge is 0.481 e. The third-order valence-corrected chi connectivity index (χ3v) is 5.22. The first-order valence-corrected chi connectivity index (χ1v) is 8.12. The Hall–Kier alpha value is -2.11. The van der Waals surface area contributed by atoms with Crippen molar-refractivity contribution in [3.05, 3.63) is 30.4 Å². The lowest BCUT2D eigenvalue weighted by atomic mass is 9.86. The molecular weight excluding hydrogens is 294 g/mol. The monoisotopic (exact) mass is 317 g/mol. The van der Waals surface area contributed by atoms with Gasteiger partial charge in [0.1, 0.15) is 0 Å². The first kappa shape index (κ1) is 15.8. The number of carboxylic acid groups (broad SMARTS) is 1. The quantitative estimate of drug-likeness (QED) is 0.863. The maximum Gasteiger partial charge on any atom is 0.309 e. The SMILES string of the molecule is C=C1CCC(C(=O)N2C[C@@H](C(=O)O)[C@H](c3cncn3C)C2)CC1. The summed E-state index contributed by atoms with van der Waals surface area (Å²) in [6, 6.07) is 0. The predicted molar refractivity (Wildman–Crippen MR) is 84.8 cm³/mol. The molecule has 0 spiro atoms. The van der Waals surface area contributed by atoms with E-state index in [9.17, 15) is 14.7 Å². The zero-order valence-corrected chi connectivity index (χ0v) is 13.4. The molecule has 1 amide bonds. The van der Waals surface area contributed by atoms with Crippen LogP contribution in [0.15, 0.2) is 24.7 Å². The molecular formula is C17H23N3O3. The summed E-state index contributed by atoms with van der Waals surface area (Å²) < 4.78 is 1.85. The first-order valence-electron chi connectivity index (χ1n) is 8.12. The maximum absolute atomic E-state index is 12.8. The van der Waals surface area contributed by atoms with Gasteiger partial charge in [-0.05, 0) is 25.7 Å². The fourth-order valence-electron chi connectivity index (χ4n) is 3.79. The summed E-state index contributed by atoms with van der Waals surface area (Å²) in [6.07, 6.45) is 6.85. The van der Waals surface area contributed by atoms with Gasteiger partial charge >= 0.3 is 5.97 Å². The highest BCUT2D eigenvalue weighted by Crippen LogP contribution is 2.35. The minimum atomic E-state index is -0.844. The van der Waals surface area contributed by atoms with E-state index < -0.39 is 11.9 Å². The second-order valence-corrected chi connectivity index (χ2v) is 6.75. The number of imidazole rings is 1. The molecule has 6 nitrogen and oxygen atoms in total. The predicted octanol–water partition coefficient (Wildman–Crippen LogP) is 1.79. The Morgan fingerprint density at radius 2 is 2.00 bits per heavy atom. The lowest BCUT2D eigenvalue weighted by Gasteiger charge is -2.27. The standard InChI is InChI=1S/C17H23N3O3/c1-11-3-5-12(6-4-11)16(21)20-8-13(14(9-20)17(22)23)15-7-18-10-19(15)2/h7,10,12-14H,1,3-6,8-9H2,2H3,(H,22,23)/t13-,14-/m1/s1. The number of carbonyl (C=O) groups is 2. The molecule has 1 saturated carbocycles. The van der Waals surface area contributed by atoms with Crippen LogP contribution in [0, 0.1) is 11.8 Å². The Balaban J connectivity index is 1.75. The Bertz CT molecular complexity index is 627. The van der Waals surface area contributed by atoms with Crippen molar-refractivity contribution in [3.8, 4) is 0 Å². The highest BCUT2D eigenvalue weighted by atomic mass is 16.4. The molecule has 1 aliphatic carbocycles. The van der Waals surface area contributed by atoms with Crippen LogP contribution in [0.5, 0.6) is 0 Å². The highest BCUT2D eigenvalue weighted by Gasteiger charge is 2.43. The summed E-state index contributed by atoms with van der Waals surface area (Å²) in [7, 11) is 1.86. The Kier molecular flexibility index (Phi) is 4.24. The third kappa shape index (κ3) is 3.02. The fraction of sp³-hybridized carbons (Fsp3) is 0.588. The highest BCUT2D eigenvalue weighted by molar-refractivity contribution is 5.81. The molecule has 2 fully saturated rings. The number of aromatic nitrogens is 2. The van der Waals surface area contributed by atoms with E-state index in [-0.39, 0.29) is 17.7 Å². The van der Waals surface area contributed by atoms with Gasteiger partial charge < -0.3 is 14.6 Å². The molecule has 0 aromatic carbocycles. The van der Waals surface area contributed by atoms with E-state index in [1.807, 2.05) is 11.6 Å². The number of allylic oxidation sites excluding steroid dienone is 1. The smallest absolute Gasteiger partial charge is 0.309 e. The molecule has 0 unspecified atom stereocenters. The van der Waals surface area contributed by atoms with Crippen molar-refractivity contribution < 1.29 is 14.7 Å². The summed E-state index contributed by atoms with van der Waals surface area (Å²) in [5, 5.41) is 9.54. The Morgan fingerprint density at radius 1 is 1.30 bits per heavy atom. The van der Waals surface area contributed by atoms with Crippen molar-refractivity contribution >= 4 is 11.9 Å². The van der Waals surface area contributed by atoms with Gasteiger partial charge in [0.05, 0.1) is 12.2 Å². The van der Waals surface area contributed by atoms with E-state index in [1.54, 1.807) is 17.4 Å². The zero-order valence-electron chi connectivity index (χ0n) is 13.4.